The Labute approximate surface area is 134 Å². The van der Waals surface area contributed by atoms with Crippen LogP contribution in [0.2, 0.25) is 0 Å². The number of carbonyl (C=O) groups is 1. The van der Waals surface area contributed by atoms with Gasteiger partial charge in [-0.25, -0.2) is 0 Å². The van der Waals surface area contributed by atoms with Crippen LogP contribution in [0.15, 0.2) is 18.5 Å². The molecule has 0 unspecified atom stereocenters. The molecule has 0 aromatic carbocycles. The van der Waals surface area contributed by atoms with E-state index in [0.717, 1.165) is 18.7 Å². The van der Waals surface area contributed by atoms with Crippen LogP contribution in [0.4, 0.5) is 5.69 Å². The van der Waals surface area contributed by atoms with Gasteiger partial charge in [-0.1, -0.05) is 39.5 Å². The second-order valence-electron chi connectivity index (χ2n) is 6.73. The smallest absolute Gasteiger partial charge is 0.252 e. The SMILES string of the molecule is CC(C)CCNC(=O)c1cncc(NC2CCCCCC2)c1. The van der Waals surface area contributed by atoms with Crippen LogP contribution in [0, 0.1) is 5.92 Å². The highest BCUT2D eigenvalue weighted by Crippen LogP contribution is 2.21. The van der Waals surface area contributed by atoms with Crippen LogP contribution in [0.5, 0.6) is 0 Å². The molecule has 1 saturated carbocycles. The van der Waals surface area contributed by atoms with Crippen molar-refractivity contribution in [3.8, 4) is 0 Å². The van der Waals surface area contributed by atoms with E-state index in [0.29, 0.717) is 17.5 Å². The number of pyridine rings is 1. The average molecular weight is 303 g/mol. The summed E-state index contributed by atoms with van der Waals surface area (Å²) in [5.41, 5.74) is 1.60. The summed E-state index contributed by atoms with van der Waals surface area (Å²) < 4.78 is 0. The van der Waals surface area contributed by atoms with Gasteiger partial charge in [0.15, 0.2) is 0 Å². The lowest BCUT2D eigenvalue weighted by Gasteiger charge is -2.17. The zero-order chi connectivity index (χ0) is 15.8. The van der Waals surface area contributed by atoms with Gasteiger partial charge in [-0.05, 0) is 31.2 Å². The molecule has 1 fully saturated rings. The Balaban J connectivity index is 1.89. The largest absolute Gasteiger partial charge is 0.381 e. The molecule has 0 saturated heterocycles. The van der Waals surface area contributed by atoms with Crippen LogP contribution in [0.1, 0.15) is 69.2 Å². The Bertz CT molecular complexity index is 465. The third-order valence-electron chi connectivity index (χ3n) is 4.23. The van der Waals surface area contributed by atoms with Crippen LogP contribution in [0.3, 0.4) is 0 Å². The Morgan fingerprint density at radius 2 is 1.95 bits per heavy atom. The molecule has 122 valence electrons. The monoisotopic (exact) mass is 303 g/mol. The Morgan fingerprint density at radius 3 is 2.64 bits per heavy atom. The summed E-state index contributed by atoms with van der Waals surface area (Å²) in [7, 11) is 0. The van der Waals surface area contributed by atoms with Crippen LogP contribution in [-0.2, 0) is 0 Å². The van der Waals surface area contributed by atoms with Crippen LogP contribution in [0.25, 0.3) is 0 Å². The van der Waals surface area contributed by atoms with Crippen LogP contribution < -0.4 is 10.6 Å². The van der Waals surface area contributed by atoms with E-state index < -0.39 is 0 Å². The van der Waals surface area contributed by atoms with Crippen LogP contribution in [-0.4, -0.2) is 23.5 Å². The van der Waals surface area contributed by atoms with Crippen molar-refractivity contribution < 1.29 is 4.79 Å². The number of nitrogens with zero attached hydrogens (tertiary/aromatic N) is 1. The maximum Gasteiger partial charge on any atom is 0.252 e. The number of amides is 1. The van der Waals surface area contributed by atoms with Gasteiger partial charge in [-0.2, -0.15) is 0 Å². The minimum absolute atomic E-state index is 0.0299. The lowest BCUT2D eigenvalue weighted by atomic mass is 10.1. The molecule has 1 aliphatic rings. The molecule has 0 aliphatic heterocycles. The fourth-order valence-corrected chi connectivity index (χ4v) is 2.88. The third kappa shape index (κ3) is 5.66. The lowest BCUT2D eigenvalue weighted by Crippen LogP contribution is -2.26. The first-order chi connectivity index (χ1) is 10.6. The molecule has 4 heteroatoms. The standard InChI is InChI=1S/C18H29N3O/c1-14(2)9-10-20-18(22)15-11-17(13-19-12-15)21-16-7-5-3-4-6-8-16/h11-14,16,21H,3-10H2,1-2H3,(H,20,22). The normalized spacial score (nSPS) is 16.3. The molecule has 22 heavy (non-hydrogen) atoms. The van der Waals surface area contributed by atoms with Crippen molar-refractivity contribution >= 4 is 11.6 Å². The Hall–Kier alpha value is -1.58. The molecule has 0 atom stereocenters. The molecule has 4 nitrogen and oxygen atoms in total. The van der Waals surface area contributed by atoms with E-state index in [4.69, 9.17) is 0 Å². The Morgan fingerprint density at radius 1 is 1.23 bits per heavy atom. The highest BCUT2D eigenvalue weighted by atomic mass is 16.1. The van der Waals surface area contributed by atoms with Gasteiger partial charge in [0.25, 0.3) is 5.91 Å². The van der Waals surface area contributed by atoms with Crippen molar-refractivity contribution in [3.05, 3.63) is 24.0 Å². The molecular weight excluding hydrogens is 274 g/mol. The summed E-state index contributed by atoms with van der Waals surface area (Å²) in [6, 6.07) is 2.44. The fourth-order valence-electron chi connectivity index (χ4n) is 2.88. The summed E-state index contributed by atoms with van der Waals surface area (Å²) in [6.07, 6.45) is 12.2. The van der Waals surface area contributed by atoms with Gasteiger partial charge in [0.1, 0.15) is 0 Å². The minimum Gasteiger partial charge on any atom is -0.381 e. The number of hydrogen-bond donors (Lipinski definition) is 2. The molecule has 1 heterocycles. The van der Waals surface area contributed by atoms with Crippen LogP contribution >= 0.6 is 0 Å². The summed E-state index contributed by atoms with van der Waals surface area (Å²) in [5.74, 6) is 0.569. The minimum atomic E-state index is -0.0299. The maximum atomic E-state index is 12.1. The van der Waals surface area contributed by atoms with Gasteiger partial charge in [-0.15, -0.1) is 0 Å². The number of rotatable bonds is 6. The zero-order valence-corrected chi connectivity index (χ0v) is 13.9. The summed E-state index contributed by atoms with van der Waals surface area (Å²) in [5, 5.41) is 6.51. The molecule has 2 N–H and O–H groups in total. The fraction of sp³-hybridized carbons (Fsp3) is 0.667. The van der Waals surface area contributed by atoms with Gasteiger partial charge in [-0.3, -0.25) is 9.78 Å². The van der Waals surface area contributed by atoms with Crippen molar-refractivity contribution in [1.29, 1.82) is 0 Å². The highest BCUT2D eigenvalue weighted by molar-refractivity contribution is 5.94. The van der Waals surface area contributed by atoms with Crippen molar-refractivity contribution in [2.75, 3.05) is 11.9 Å². The van der Waals surface area contributed by atoms with E-state index in [1.54, 1.807) is 6.20 Å². The molecular formula is C18H29N3O. The van der Waals surface area contributed by atoms with Gasteiger partial charge in [0.05, 0.1) is 11.3 Å². The molecule has 0 radical (unpaired) electrons. The van der Waals surface area contributed by atoms with E-state index in [1.165, 1.54) is 38.5 Å². The number of aromatic nitrogens is 1. The predicted octanol–water partition coefficient (Wildman–Crippen LogP) is 3.99. The average Bonchev–Trinajstić information content (AvgIpc) is 2.76. The first-order valence-electron chi connectivity index (χ1n) is 8.65. The third-order valence-corrected chi connectivity index (χ3v) is 4.23. The number of nitrogens with one attached hydrogen (secondary N) is 2. The van der Waals surface area contributed by atoms with Crippen molar-refractivity contribution in [2.24, 2.45) is 5.92 Å². The molecule has 1 aromatic rings. The highest BCUT2D eigenvalue weighted by Gasteiger charge is 2.13. The topological polar surface area (TPSA) is 54.0 Å². The van der Waals surface area contributed by atoms with Crippen molar-refractivity contribution in [3.63, 3.8) is 0 Å². The van der Waals surface area contributed by atoms with Gasteiger partial charge in [0.2, 0.25) is 0 Å². The van der Waals surface area contributed by atoms with E-state index in [9.17, 15) is 4.79 Å². The van der Waals surface area contributed by atoms with E-state index in [1.807, 2.05) is 12.3 Å². The first kappa shape index (κ1) is 16.8. The molecule has 0 spiro atoms. The zero-order valence-electron chi connectivity index (χ0n) is 13.9. The van der Waals surface area contributed by atoms with Gasteiger partial charge >= 0.3 is 0 Å². The molecule has 1 aromatic heterocycles. The van der Waals surface area contributed by atoms with E-state index >= 15 is 0 Å². The van der Waals surface area contributed by atoms with Gasteiger partial charge in [0, 0.05) is 25.0 Å². The van der Waals surface area contributed by atoms with E-state index in [-0.39, 0.29) is 5.91 Å². The summed E-state index contributed by atoms with van der Waals surface area (Å²) in [6.45, 7) is 5.03. The lowest BCUT2D eigenvalue weighted by molar-refractivity contribution is 0.0951. The first-order valence-corrected chi connectivity index (χ1v) is 8.65. The summed E-state index contributed by atoms with van der Waals surface area (Å²) >= 11 is 0. The molecule has 2 rings (SSSR count). The molecule has 1 aliphatic carbocycles. The maximum absolute atomic E-state index is 12.1. The molecule has 0 bridgehead atoms. The number of anilines is 1. The van der Waals surface area contributed by atoms with Gasteiger partial charge < -0.3 is 10.6 Å². The number of carbonyl (C=O) groups excluding carboxylic acids is 1. The second kappa shape index (κ2) is 8.76. The predicted molar refractivity (Wildman–Crippen MR) is 91.1 cm³/mol. The summed E-state index contributed by atoms with van der Waals surface area (Å²) in [4.78, 5) is 16.4. The quantitative estimate of drug-likeness (QED) is 0.781. The Kier molecular flexibility index (Phi) is 6.69. The molecule has 1 amide bonds. The number of hydrogen-bond acceptors (Lipinski definition) is 3. The second-order valence-corrected chi connectivity index (χ2v) is 6.73. The van der Waals surface area contributed by atoms with Crippen molar-refractivity contribution in [2.45, 2.75) is 64.8 Å². The van der Waals surface area contributed by atoms with E-state index in [2.05, 4.69) is 29.5 Å². The van der Waals surface area contributed by atoms with Crippen molar-refractivity contribution in [1.82, 2.24) is 10.3 Å².